The monoisotopic (exact) mass is 388 g/mol. The second-order valence-corrected chi connectivity index (χ2v) is 7.11. The number of carboxylic acids is 1. The van der Waals surface area contributed by atoms with Crippen LogP contribution in [0.2, 0.25) is 0 Å². The van der Waals surface area contributed by atoms with Crippen LogP contribution in [0.15, 0.2) is 53.9 Å². The number of aliphatic imine (C=N–C) groups is 1. The highest BCUT2D eigenvalue weighted by molar-refractivity contribution is 6.23. The summed E-state index contributed by atoms with van der Waals surface area (Å²) >= 11 is 0. The average Bonchev–Trinajstić information content (AvgIpc) is 2.72. The second-order valence-electron chi connectivity index (χ2n) is 7.11. The number of aromatic carboxylic acids is 1. The Kier molecular flexibility index (Phi) is 5.73. The molecule has 6 nitrogen and oxygen atoms in total. The molecule has 3 rings (SSSR count). The molecule has 3 aromatic rings. The van der Waals surface area contributed by atoms with Crippen LogP contribution in [0.3, 0.4) is 0 Å². The molecule has 0 aliphatic rings. The summed E-state index contributed by atoms with van der Waals surface area (Å²) in [5, 5.41) is 10.4. The summed E-state index contributed by atoms with van der Waals surface area (Å²) in [4.78, 5) is 24.7. The minimum absolute atomic E-state index is 0.0781. The Morgan fingerprint density at radius 3 is 2.55 bits per heavy atom. The summed E-state index contributed by atoms with van der Waals surface area (Å²) in [5.74, 6) is -0.846. The van der Waals surface area contributed by atoms with Gasteiger partial charge in [0.25, 0.3) is 0 Å². The van der Waals surface area contributed by atoms with Gasteiger partial charge in [-0.15, -0.1) is 0 Å². The van der Waals surface area contributed by atoms with Crippen molar-refractivity contribution < 1.29 is 9.90 Å². The lowest BCUT2D eigenvalue weighted by Crippen LogP contribution is -2.04. The highest BCUT2D eigenvalue weighted by Crippen LogP contribution is 2.31. The number of aromatic nitrogens is 2. The molecule has 1 heterocycles. The molecule has 3 N–H and O–H groups in total. The van der Waals surface area contributed by atoms with E-state index in [0.29, 0.717) is 5.56 Å². The van der Waals surface area contributed by atoms with E-state index in [4.69, 9.17) is 5.73 Å². The van der Waals surface area contributed by atoms with Crippen molar-refractivity contribution in [3.05, 3.63) is 65.6 Å². The summed E-state index contributed by atoms with van der Waals surface area (Å²) in [5.41, 5.74) is 11.9. The van der Waals surface area contributed by atoms with Crippen molar-refractivity contribution in [2.75, 3.05) is 7.05 Å². The first kappa shape index (κ1) is 20.2. The summed E-state index contributed by atoms with van der Waals surface area (Å²) < 4.78 is 0. The van der Waals surface area contributed by atoms with Crippen molar-refractivity contribution in [1.29, 1.82) is 0 Å². The Morgan fingerprint density at radius 2 is 1.93 bits per heavy atom. The molecular weight excluding hydrogens is 364 g/mol. The van der Waals surface area contributed by atoms with E-state index < -0.39 is 5.97 Å². The van der Waals surface area contributed by atoms with Gasteiger partial charge in [0.1, 0.15) is 6.33 Å². The molecule has 2 aromatic carbocycles. The van der Waals surface area contributed by atoms with Crippen molar-refractivity contribution in [1.82, 2.24) is 9.97 Å². The molecule has 1 aromatic heterocycles. The van der Waals surface area contributed by atoms with Gasteiger partial charge in [-0.2, -0.15) is 0 Å². The fraction of sp³-hybridized carbons (Fsp3) is 0.217. The number of carbonyl (C=O) groups is 1. The Labute approximate surface area is 169 Å². The van der Waals surface area contributed by atoms with Crippen molar-refractivity contribution in [2.45, 2.75) is 26.7 Å². The smallest absolute Gasteiger partial charge is 0.335 e. The number of fused-ring (bicyclic) bond motifs is 1. The SMILES string of the molecule is CN=C(C)/C(=C\N)c1ccc2c(-c3ccc(C(=O)O)c(C(C)C)c3)ncnc2c1. The van der Waals surface area contributed by atoms with Crippen LogP contribution >= 0.6 is 0 Å². The number of benzene rings is 2. The molecule has 0 radical (unpaired) electrons. The molecule has 0 spiro atoms. The third-order valence-corrected chi connectivity index (χ3v) is 5.02. The summed E-state index contributed by atoms with van der Waals surface area (Å²) in [6.07, 6.45) is 3.07. The second kappa shape index (κ2) is 8.22. The third kappa shape index (κ3) is 3.87. The standard InChI is InChI=1S/C23H24N4O2/c1-13(2)19-9-16(6-7-17(19)23(28)29)22-18-8-5-15(10-21(18)26-12-27-22)20(11-24)14(3)25-4/h5-13H,24H2,1-4H3,(H,28,29)/b20-11+,25-14?. The third-order valence-electron chi connectivity index (χ3n) is 5.02. The number of nitrogens with zero attached hydrogens (tertiary/aromatic N) is 3. The molecule has 0 fully saturated rings. The zero-order chi connectivity index (χ0) is 21.1. The van der Waals surface area contributed by atoms with Crippen molar-refractivity contribution >= 4 is 28.2 Å². The molecular formula is C23H24N4O2. The Morgan fingerprint density at radius 1 is 1.17 bits per heavy atom. The normalized spacial score (nSPS) is 12.6. The lowest BCUT2D eigenvalue weighted by molar-refractivity contribution is 0.0695. The van der Waals surface area contributed by atoms with E-state index >= 15 is 0 Å². The lowest BCUT2D eigenvalue weighted by Gasteiger charge is -2.13. The van der Waals surface area contributed by atoms with E-state index in [2.05, 4.69) is 15.0 Å². The fourth-order valence-electron chi connectivity index (χ4n) is 3.38. The molecule has 148 valence electrons. The maximum absolute atomic E-state index is 11.5. The minimum atomic E-state index is -0.925. The van der Waals surface area contributed by atoms with Gasteiger partial charge >= 0.3 is 5.97 Å². The minimum Gasteiger partial charge on any atom is -0.478 e. The molecule has 0 aliphatic carbocycles. The van der Waals surface area contributed by atoms with Crippen LogP contribution in [0.25, 0.3) is 27.7 Å². The molecule has 29 heavy (non-hydrogen) atoms. The van der Waals surface area contributed by atoms with E-state index in [1.54, 1.807) is 25.4 Å². The van der Waals surface area contributed by atoms with Crippen LogP contribution in [0.1, 0.15) is 48.2 Å². The van der Waals surface area contributed by atoms with Gasteiger partial charge in [0, 0.05) is 35.5 Å². The zero-order valence-corrected chi connectivity index (χ0v) is 17.0. The molecule has 0 unspecified atom stereocenters. The summed E-state index contributed by atoms with van der Waals surface area (Å²) in [6.45, 7) is 5.87. The van der Waals surface area contributed by atoms with Crippen LogP contribution in [0, 0.1) is 0 Å². The van der Waals surface area contributed by atoms with Crippen LogP contribution in [0.4, 0.5) is 0 Å². The highest BCUT2D eigenvalue weighted by Gasteiger charge is 2.16. The van der Waals surface area contributed by atoms with E-state index in [0.717, 1.165) is 44.6 Å². The van der Waals surface area contributed by atoms with Gasteiger partial charge in [-0.1, -0.05) is 26.0 Å². The number of allylic oxidation sites excluding steroid dienone is 1. The highest BCUT2D eigenvalue weighted by atomic mass is 16.4. The number of nitrogens with two attached hydrogens (primary N) is 1. The van der Waals surface area contributed by atoms with Crippen LogP contribution in [-0.4, -0.2) is 33.8 Å². The first-order valence-corrected chi connectivity index (χ1v) is 9.35. The van der Waals surface area contributed by atoms with Crippen LogP contribution in [-0.2, 0) is 0 Å². The van der Waals surface area contributed by atoms with E-state index in [-0.39, 0.29) is 5.92 Å². The van der Waals surface area contributed by atoms with E-state index in [1.807, 2.05) is 45.0 Å². The van der Waals surface area contributed by atoms with Crippen LogP contribution in [0.5, 0.6) is 0 Å². The van der Waals surface area contributed by atoms with Gasteiger partial charge in [-0.3, -0.25) is 4.99 Å². The van der Waals surface area contributed by atoms with Gasteiger partial charge in [0.15, 0.2) is 0 Å². The molecule has 0 amide bonds. The van der Waals surface area contributed by atoms with Crippen molar-refractivity contribution in [3.8, 4) is 11.3 Å². The van der Waals surface area contributed by atoms with Crippen LogP contribution < -0.4 is 5.73 Å². The zero-order valence-electron chi connectivity index (χ0n) is 17.0. The first-order valence-electron chi connectivity index (χ1n) is 9.35. The molecule has 6 heteroatoms. The van der Waals surface area contributed by atoms with Crippen molar-refractivity contribution in [2.24, 2.45) is 10.7 Å². The maximum atomic E-state index is 11.5. The quantitative estimate of drug-likeness (QED) is 0.626. The Balaban J connectivity index is 2.17. The molecule has 0 saturated heterocycles. The Bertz CT molecular complexity index is 1150. The molecule has 0 atom stereocenters. The van der Waals surface area contributed by atoms with Gasteiger partial charge in [0.05, 0.1) is 16.8 Å². The number of rotatable bonds is 5. The fourth-order valence-corrected chi connectivity index (χ4v) is 3.38. The first-order chi connectivity index (χ1) is 13.9. The number of carboxylic acid groups (broad SMARTS) is 1. The lowest BCUT2D eigenvalue weighted by atomic mass is 9.93. The predicted octanol–water partition coefficient (Wildman–Crippen LogP) is 4.51. The summed E-state index contributed by atoms with van der Waals surface area (Å²) in [7, 11) is 1.73. The maximum Gasteiger partial charge on any atom is 0.335 e. The van der Waals surface area contributed by atoms with E-state index in [1.165, 1.54) is 6.33 Å². The van der Waals surface area contributed by atoms with Gasteiger partial charge < -0.3 is 10.8 Å². The predicted molar refractivity (Wildman–Crippen MR) is 117 cm³/mol. The van der Waals surface area contributed by atoms with Gasteiger partial charge in [-0.05, 0) is 48.2 Å². The number of hydrogen-bond donors (Lipinski definition) is 2. The Hall–Kier alpha value is -3.54. The average molecular weight is 388 g/mol. The molecule has 0 bridgehead atoms. The topological polar surface area (TPSA) is 101 Å². The molecule has 0 saturated carbocycles. The van der Waals surface area contributed by atoms with Gasteiger partial charge in [0.2, 0.25) is 0 Å². The van der Waals surface area contributed by atoms with Gasteiger partial charge in [-0.25, -0.2) is 14.8 Å². The van der Waals surface area contributed by atoms with E-state index in [9.17, 15) is 9.90 Å². The number of hydrogen-bond acceptors (Lipinski definition) is 5. The largest absolute Gasteiger partial charge is 0.478 e. The van der Waals surface area contributed by atoms with Crippen molar-refractivity contribution in [3.63, 3.8) is 0 Å². The molecule has 0 aliphatic heterocycles. The summed E-state index contributed by atoms with van der Waals surface area (Å²) in [6, 6.07) is 11.2.